The summed E-state index contributed by atoms with van der Waals surface area (Å²) in [6.45, 7) is 0. The molecule has 1 saturated heterocycles. The van der Waals surface area contributed by atoms with Crippen molar-refractivity contribution in [1.29, 1.82) is 0 Å². The first kappa shape index (κ1) is 13.7. The van der Waals surface area contributed by atoms with Gasteiger partial charge in [-0.15, -0.1) is 0 Å². The number of benzene rings is 1. The van der Waals surface area contributed by atoms with Gasteiger partial charge >= 0.3 is 6.03 Å². The van der Waals surface area contributed by atoms with Gasteiger partial charge in [0.25, 0.3) is 5.91 Å². The lowest BCUT2D eigenvalue weighted by atomic mass is 10.1. The molecular formula is C13H14N2O5. The fraction of sp³-hybridized carbons (Fsp3) is 0.231. The molecule has 7 heteroatoms. The molecule has 1 aliphatic heterocycles. The molecule has 3 amide bonds. The van der Waals surface area contributed by atoms with Crippen LogP contribution in [0.3, 0.4) is 0 Å². The van der Waals surface area contributed by atoms with Crippen LogP contribution in [0.15, 0.2) is 17.8 Å². The van der Waals surface area contributed by atoms with E-state index >= 15 is 0 Å². The monoisotopic (exact) mass is 278 g/mol. The summed E-state index contributed by atoms with van der Waals surface area (Å²) in [4.78, 5) is 22.6. The van der Waals surface area contributed by atoms with Crippen LogP contribution in [0.25, 0.3) is 6.08 Å². The lowest BCUT2D eigenvalue weighted by Crippen LogP contribution is -2.22. The average molecular weight is 278 g/mol. The molecule has 0 bridgehead atoms. The Hall–Kier alpha value is -2.70. The number of hydrogen-bond donors (Lipinski definition) is 2. The summed E-state index contributed by atoms with van der Waals surface area (Å²) in [6.07, 6.45) is 1.50. The van der Waals surface area contributed by atoms with Gasteiger partial charge in [-0.1, -0.05) is 0 Å². The van der Waals surface area contributed by atoms with Gasteiger partial charge in [0.15, 0.2) is 11.5 Å². The fourth-order valence-corrected chi connectivity index (χ4v) is 1.80. The summed E-state index contributed by atoms with van der Waals surface area (Å²) in [6, 6.07) is 2.74. The second-order valence-electron chi connectivity index (χ2n) is 3.92. The van der Waals surface area contributed by atoms with Gasteiger partial charge in [0.1, 0.15) is 11.4 Å². The summed E-state index contributed by atoms with van der Waals surface area (Å²) < 4.78 is 15.6. The first-order valence-corrected chi connectivity index (χ1v) is 5.73. The van der Waals surface area contributed by atoms with E-state index in [9.17, 15) is 9.59 Å². The van der Waals surface area contributed by atoms with Crippen molar-refractivity contribution in [1.82, 2.24) is 10.6 Å². The standard InChI is InChI=1S/C13H14N2O5/c1-18-9-6-11(20-3)10(19-2)5-7(9)4-8-12(16)15-13(17)14-8/h4-6H,1-3H3,(H2,14,15,16,17)/b8-4+. The molecule has 2 rings (SSSR count). The van der Waals surface area contributed by atoms with E-state index in [-0.39, 0.29) is 5.70 Å². The van der Waals surface area contributed by atoms with Gasteiger partial charge in [0, 0.05) is 11.6 Å². The Morgan fingerprint density at radius 1 is 0.900 bits per heavy atom. The number of amides is 3. The number of nitrogens with one attached hydrogen (secondary N) is 2. The van der Waals surface area contributed by atoms with E-state index < -0.39 is 11.9 Å². The molecule has 7 nitrogen and oxygen atoms in total. The van der Waals surface area contributed by atoms with Crippen molar-refractivity contribution in [3.63, 3.8) is 0 Å². The largest absolute Gasteiger partial charge is 0.496 e. The minimum atomic E-state index is -0.555. The maximum Gasteiger partial charge on any atom is 0.326 e. The van der Waals surface area contributed by atoms with Crippen molar-refractivity contribution in [2.45, 2.75) is 0 Å². The Bertz CT molecular complexity index is 595. The van der Waals surface area contributed by atoms with Crippen molar-refractivity contribution < 1.29 is 23.8 Å². The van der Waals surface area contributed by atoms with Crippen LogP contribution < -0.4 is 24.8 Å². The molecule has 1 fully saturated rings. The van der Waals surface area contributed by atoms with Crippen molar-refractivity contribution in [2.75, 3.05) is 21.3 Å². The number of imide groups is 1. The second kappa shape index (κ2) is 5.52. The molecule has 0 unspecified atom stereocenters. The third kappa shape index (κ3) is 2.51. The Morgan fingerprint density at radius 2 is 1.50 bits per heavy atom. The first-order valence-electron chi connectivity index (χ1n) is 5.73. The number of rotatable bonds is 4. The van der Waals surface area contributed by atoms with Crippen LogP contribution in [0.5, 0.6) is 17.2 Å². The van der Waals surface area contributed by atoms with Crippen LogP contribution in [0, 0.1) is 0 Å². The molecule has 1 aromatic rings. The van der Waals surface area contributed by atoms with Crippen molar-refractivity contribution in [2.24, 2.45) is 0 Å². The van der Waals surface area contributed by atoms with Crippen molar-refractivity contribution in [3.05, 3.63) is 23.4 Å². The van der Waals surface area contributed by atoms with Crippen LogP contribution in [-0.2, 0) is 4.79 Å². The van der Waals surface area contributed by atoms with Crippen LogP contribution in [0.1, 0.15) is 5.56 Å². The van der Waals surface area contributed by atoms with E-state index in [1.165, 1.54) is 27.4 Å². The second-order valence-corrected chi connectivity index (χ2v) is 3.92. The smallest absolute Gasteiger partial charge is 0.326 e. The molecule has 1 aliphatic rings. The minimum Gasteiger partial charge on any atom is -0.496 e. The van der Waals surface area contributed by atoms with Gasteiger partial charge in [0.2, 0.25) is 0 Å². The van der Waals surface area contributed by atoms with E-state index in [4.69, 9.17) is 14.2 Å². The molecule has 0 aromatic heterocycles. The van der Waals surface area contributed by atoms with E-state index in [0.717, 1.165) is 0 Å². The Kier molecular flexibility index (Phi) is 3.79. The summed E-state index contributed by atoms with van der Waals surface area (Å²) in [5, 5.41) is 4.53. The van der Waals surface area contributed by atoms with Gasteiger partial charge in [-0.2, -0.15) is 0 Å². The van der Waals surface area contributed by atoms with Crippen LogP contribution in [0.2, 0.25) is 0 Å². The molecule has 106 valence electrons. The van der Waals surface area contributed by atoms with E-state index in [0.29, 0.717) is 22.8 Å². The zero-order valence-electron chi connectivity index (χ0n) is 11.3. The lowest BCUT2D eigenvalue weighted by molar-refractivity contribution is -0.115. The topological polar surface area (TPSA) is 85.9 Å². The van der Waals surface area contributed by atoms with Gasteiger partial charge in [-0.3, -0.25) is 10.1 Å². The zero-order chi connectivity index (χ0) is 14.7. The number of urea groups is 1. The number of ether oxygens (including phenoxy) is 3. The highest BCUT2D eigenvalue weighted by Crippen LogP contribution is 2.35. The summed E-state index contributed by atoms with van der Waals surface area (Å²) in [7, 11) is 4.52. The summed E-state index contributed by atoms with van der Waals surface area (Å²) in [5.74, 6) is 0.993. The SMILES string of the molecule is COc1cc(OC)c(OC)cc1/C=C1/NC(=O)NC1=O. The number of hydrogen-bond acceptors (Lipinski definition) is 5. The number of carbonyl (C=O) groups is 2. The van der Waals surface area contributed by atoms with E-state index in [1.54, 1.807) is 12.1 Å². The summed E-state index contributed by atoms with van der Waals surface area (Å²) >= 11 is 0. The number of methoxy groups -OCH3 is 3. The zero-order valence-corrected chi connectivity index (χ0v) is 11.3. The normalized spacial score (nSPS) is 15.8. The molecule has 1 aromatic carbocycles. The molecule has 1 heterocycles. The predicted molar refractivity (Wildman–Crippen MR) is 70.7 cm³/mol. The predicted octanol–water partition coefficient (Wildman–Crippen LogP) is 0.893. The molecule has 0 spiro atoms. The Labute approximate surface area is 115 Å². The minimum absolute atomic E-state index is 0.139. The molecule has 0 saturated carbocycles. The first-order chi connectivity index (χ1) is 9.58. The van der Waals surface area contributed by atoms with E-state index in [1.807, 2.05) is 0 Å². The highest BCUT2D eigenvalue weighted by atomic mass is 16.5. The highest BCUT2D eigenvalue weighted by Gasteiger charge is 2.23. The van der Waals surface area contributed by atoms with Gasteiger partial charge in [-0.05, 0) is 12.1 Å². The lowest BCUT2D eigenvalue weighted by Gasteiger charge is -2.12. The van der Waals surface area contributed by atoms with Gasteiger partial charge in [-0.25, -0.2) is 4.79 Å². The highest BCUT2D eigenvalue weighted by molar-refractivity contribution is 6.14. The molecule has 20 heavy (non-hydrogen) atoms. The molecular weight excluding hydrogens is 264 g/mol. The average Bonchev–Trinajstić information content (AvgIpc) is 2.76. The quantitative estimate of drug-likeness (QED) is 0.631. The Balaban J connectivity index is 2.48. The maximum atomic E-state index is 11.5. The van der Waals surface area contributed by atoms with Crippen molar-refractivity contribution >= 4 is 18.0 Å². The van der Waals surface area contributed by atoms with Crippen LogP contribution in [0.4, 0.5) is 4.79 Å². The Morgan fingerprint density at radius 3 is 2.00 bits per heavy atom. The summed E-state index contributed by atoms with van der Waals surface area (Å²) in [5.41, 5.74) is 0.720. The molecule has 0 atom stereocenters. The van der Waals surface area contributed by atoms with Crippen LogP contribution >= 0.6 is 0 Å². The number of carbonyl (C=O) groups excluding carboxylic acids is 2. The fourth-order valence-electron chi connectivity index (χ4n) is 1.80. The van der Waals surface area contributed by atoms with E-state index in [2.05, 4.69) is 10.6 Å². The third-order valence-corrected chi connectivity index (χ3v) is 2.76. The molecule has 0 aliphatic carbocycles. The van der Waals surface area contributed by atoms with Gasteiger partial charge in [0.05, 0.1) is 21.3 Å². The van der Waals surface area contributed by atoms with Crippen LogP contribution in [-0.4, -0.2) is 33.3 Å². The van der Waals surface area contributed by atoms with Crippen molar-refractivity contribution in [3.8, 4) is 17.2 Å². The molecule has 2 N–H and O–H groups in total. The molecule has 0 radical (unpaired) electrons. The third-order valence-electron chi connectivity index (χ3n) is 2.76. The maximum absolute atomic E-state index is 11.5. The van der Waals surface area contributed by atoms with Gasteiger partial charge < -0.3 is 19.5 Å².